The molecular formula is C20H24ClN5O4S. The van der Waals surface area contributed by atoms with E-state index in [1.54, 1.807) is 34.1 Å². The Kier molecular flexibility index (Phi) is 7.47. The number of likely N-dealkylation sites (N-methyl/N-ethyl adjacent to an activating group) is 1. The van der Waals surface area contributed by atoms with E-state index in [4.69, 9.17) is 11.6 Å². The van der Waals surface area contributed by atoms with Gasteiger partial charge in [-0.25, -0.2) is 13.2 Å². The van der Waals surface area contributed by atoms with E-state index < -0.39 is 10.0 Å². The van der Waals surface area contributed by atoms with Crippen molar-refractivity contribution in [1.29, 1.82) is 0 Å². The fraction of sp³-hybridized carbons (Fsp3) is 0.350. The average molecular weight is 466 g/mol. The molecular weight excluding hydrogens is 442 g/mol. The molecule has 0 saturated carbocycles. The summed E-state index contributed by atoms with van der Waals surface area (Å²) in [6.45, 7) is 1.34. The van der Waals surface area contributed by atoms with Gasteiger partial charge in [-0.15, -0.1) is 0 Å². The van der Waals surface area contributed by atoms with E-state index in [-0.39, 0.29) is 23.4 Å². The Morgan fingerprint density at radius 3 is 2.45 bits per heavy atom. The van der Waals surface area contributed by atoms with Gasteiger partial charge in [0.1, 0.15) is 4.90 Å². The van der Waals surface area contributed by atoms with Crippen LogP contribution in [0.1, 0.15) is 6.42 Å². The molecule has 1 aliphatic heterocycles. The second kappa shape index (κ2) is 10.1. The van der Waals surface area contributed by atoms with Crippen molar-refractivity contribution < 1.29 is 18.0 Å². The zero-order valence-electron chi connectivity index (χ0n) is 17.1. The molecule has 1 saturated heterocycles. The number of urea groups is 1. The van der Waals surface area contributed by atoms with Crippen molar-refractivity contribution in [3.63, 3.8) is 0 Å². The summed E-state index contributed by atoms with van der Waals surface area (Å²) in [5.74, 6) is -0.310. The highest BCUT2D eigenvalue weighted by atomic mass is 35.5. The number of carbonyl (C=O) groups is 2. The quantitative estimate of drug-likeness (QED) is 0.728. The number of rotatable bonds is 5. The Bertz CT molecular complexity index is 1020. The van der Waals surface area contributed by atoms with Crippen molar-refractivity contribution in [2.24, 2.45) is 0 Å². The Balaban J connectivity index is 1.55. The number of hydrogen-bond donors (Lipinski definition) is 1. The minimum atomic E-state index is -3.80. The van der Waals surface area contributed by atoms with Gasteiger partial charge in [0, 0.05) is 56.3 Å². The van der Waals surface area contributed by atoms with Crippen LogP contribution >= 0.6 is 11.6 Å². The molecule has 31 heavy (non-hydrogen) atoms. The summed E-state index contributed by atoms with van der Waals surface area (Å²) in [5.41, 5.74) is 0.633. The van der Waals surface area contributed by atoms with E-state index >= 15 is 0 Å². The number of pyridine rings is 1. The molecule has 0 aliphatic carbocycles. The monoisotopic (exact) mass is 465 g/mol. The van der Waals surface area contributed by atoms with Crippen molar-refractivity contribution in [1.82, 2.24) is 19.1 Å². The van der Waals surface area contributed by atoms with Gasteiger partial charge in [-0.3, -0.25) is 9.78 Å². The van der Waals surface area contributed by atoms with Crippen LogP contribution in [0.3, 0.4) is 0 Å². The van der Waals surface area contributed by atoms with Crippen LogP contribution in [0.5, 0.6) is 0 Å². The van der Waals surface area contributed by atoms with Crippen LogP contribution in [0, 0.1) is 0 Å². The van der Waals surface area contributed by atoms with E-state index in [0.717, 1.165) is 4.31 Å². The first-order valence-corrected chi connectivity index (χ1v) is 11.5. The Morgan fingerprint density at radius 1 is 1.10 bits per heavy atom. The van der Waals surface area contributed by atoms with Crippen LogP contribution in [-0.4, -0.2) is 79.2 Å². The van der Waals surface area contributed by atoms with Crippen LogP contribution in [0.15, 0.2) is 53.7 Å². The van der Waals surface area contributed by atoms with Crippen molar-refractivity contribution in [2.75, 3.05) is 45.1 Å². The van der Waals surface area contributed by atoms with Crippen molar-refractivity contribution in [2.45, 2.75) is 11.3 Å². The normalized spacial score (nSPS) is 14.9. The molecule has 0 bridgehead atoms. The minimum Gasteiger partial charge on any atom is -0.340 e. The van der Waals surface area contributed by atoms with Crippen LogP contribution < -0.4 is 5.32 Å². The van der Waals surface area contributed by atoms with E-state index in [0.29, 0.717) is 43.3 Å². The highest BCUT2D eigenvalue weighted by Crippen LogP contribution is 2.15. The summed E-state index contributed by atoms with van der Waals surface area (Å²) >= 11 is 5.86. The van der Waals surface area contributed by atoms with E-state index in [1.165, 1.54) is 31.6 Å². The average Bonchev–Trinajstić information content (AvgIpc) is 3.02. The van der Waals surface area contributed by atoms with Crippen LogP contribution in [0.25, 0.3) is 0 Å². The van der Waals surface area contributed by atoms with Gasteiger partial charge in [0.2, 0.25) is 15.9 Å². The molecule has 0 spiro atoms. The lowest BCUT2D eigenvalue weighted by atomic mass is 10.3. The fourth-order valence-electron chi connectivity index (χ4n) is 3.16. The van der Waals surface area contributed by atoms with Gasteiger partial charge < -0.3 is 15.1 Å². The number of amides is 3. The van der Waals surface area contributed by atoms with Crippen molar-refractivity contribution >= 4 is 39.2 Å². The fourth-order valence-corrected chi connectivity index (χ4v) is 4.37. The predicted molar refractivity (Wildman–Crippen MR) is 117 cm³/mol. The molecule has 0 atom stereocenters. The zero-order chi connectivity index (χ0) is 22.4. The summed E-state index contributed by atoms with van der Waals surface area (Å²) in [4.78, 5) is 32.3. The van der Waals surface area contributed by atoms with Gasteiger partial charge in [-0.05, 0) is 42.8 Å². The van der Waals surface area contributed by atoms with Gasteiger partial charge in [-0.1, -0.05) is 11.6 Å². The third kappa shape index (κ3) is 5.93. The molecule has 0 unspecified atom stereocenters. The number of sulfonamides is 1. The van der Waals surface area contributed by atoms with Crippen LogP contribution in [0.2, 0.25) is 5.02 Å². The number of hydrogen-bond acceptors (Lipinski definition) is 5. The van der Waals surface area contributed by atoms with E-state index in [1.807, 2.05) is 0 Å². The molecule has 3 amide bonds. The summed E-state index contributed by atoms with van der Waals surface area (Å²) in [6, 6.07) is 9.52. The van der Waals surface area contributed by atoms with Gasteiger partial charge >= 0.3 is 6.03 Å². The predicted octanol–water partition coefficient (Wildman–Crippen LogP) is 2.12. The Morgan fingerprint density at radius 2 is 1.77 bits per heavy atom. The molecule has 3 rings (SSSR count). The minimum absolute atomic E-state index is 0.0335. The second-order valence-electron chi connectivity index (χ2n) is 7.11. The first kappa shape index (κ1) is 23.0. The molecule has 1 aliphatic rings. The van der Waals surface area contributed by atoms with E-state index in [9.17, 15) is 18.0 Å². The summed E-state index contributed by atoms with van der Waals surface area (Å²) in [6.07, 6.45) is 3.33. The van der Waals surface area contributed by atoms with Crippen LogP contribution in [-0.2, 0) is 14.8 Å². The largest absolute Gasteiger partial charge is 0.340 e. The number of aromatic nitrogens is 1. The highest BCUT2D eigenvalue weighted by Gasteiger charge is 2.27. The van der Waals surface area contributed by atoms with E-state index in [2.05, 4.69) is 10.3 Å². The molecule has 1 N–H and O–H groups in total. The number of nitrogens with zero attached hydrogens (tertiary/aromatic N) is 4. The molecule has 1 fully saturated rings. The van der Waals surface area contributed by atoms with Crippen LogP contribution in [0.4, 0.5) is 10.5 Å². The number of halogens is 1. The third-order valence-electron chi connectivity index (χ3n) is 4.93. The Labute approximate surface area is 186 Å². The molecule has 166 valence electrons. The molecule has 11 heteroatoms. The van der Waals surface area contributed by atoms with Gasteiger partial charge in [0.05, 0.1) is 6.54 Å². The maximum absolute atomic E-state index is 12.7. The Hall–Kier alpha value is -2.69. The number of carbonyl (C=O) groups excluding carboxylic acids is 2. The molecule has 0 radical (unpaired) electrons. The second-order valence-corrected chi connectivity index (χ2v) is 9.59. The van der Waals surface area contributed by atoms with Crippen molar-refractivity contribution in [3.05, 3.63) is 53.8 Å². The summed E-state index contributed by atoms with van der Waals surface area (Å²) in [5, 5.41) is 3.39. The molecule has 2 heterocycles. The summed E-state index contributed by atoms with van der Waals surface area (Å²) in [7, 11) is -2.44. The first-order valence-electron chi connectivity index (χ1n) is 9.73. The standard InChI is InChI=1S/C20H24ClN5O4S/c1-24(31(29,30)18-4-2-9-22-14-18)15-19(27)25-10-3-11-26(13-12-25)20(28)23-17-7-5-16(21)6-8-17/h2,4-9,14H,3,10-13,15H2,1H3,(H,23,28). The lowest BCUT2D eigenvalue weighted by Gasteiger charge is -2.24. The van der Waals surface area contributed by atoms with Gasteiger partial charge in [0.15, 0.2) is 0 Å². The third-order valence-corrected chi connectivity index (χ3v) is 6.97. The molecule has 1 aromatic carbocycles. The van der Waals surface area contributed by atoms with Gasteiger partial charge in [0.25, 0.3) is 0 Å². The zero-order valence-corrected chi connectivity index (χ0v) is 18.6. The first-order chi connectivity index (χ1) is 14.8. The molecule has 1 aromatic heterocycles. The SMILES string of the molecule is CN(CC(=O)N1CCCN(C(=O)Nc2ccc(Cl)cc2)CC1)S(=O)(=O)c1cccnc1. The maximum atomic E-state index is 12.7. The van der Waals surface area contributed by atoms with Crippen molar-refractivity contribution in [3.8, 4) is 0 Å². The number of anilines is 1. The topological polar surface area (TPSA) is 103 Å². The number of benzene rings is 1. The lowest BCUT2D eigenvalue weighted by molar-refractivity contribution is -0.131. The smallest absolute Gasteiger partial charge is 0.321 e. The highest BCUT2D eigenvalue weighted by molar-refractivity contribution is 7.89. The summed E-state index contributed by atoms with van der Waals surface area (Å²) < 4.78 is 26.2. The van der Waals surface area contributed by atoms with Gasteiger partial charge in [-0.2, -0.15) is 4.31 Å². The molecule has 9 nitrogen and oxygen atoms in total. The number of nitrogens with one attached hydrogen (secondary N) is 1. The molecule has 2 aromatic rings. The lowest BCUT2D eigenvalue weighted by Crippen LogP contribution is -2.43. The maximum Gasteiger partial charge on any atom is 0.321 e.